The van der Waals surface area contributed by atoms with E-state index < -0.39 is 28.9 Å². The average Bonchev–Trinajstić information content (AvgIpc) is 2.90. The standard InChI is InChI=1S/C12H16F3NO3S2/c13-12(14,15)8-19-10-4-1-3-9(7-10)16-21(17,18)11-5-2-6-20-11/h2,5-6,9-10,16H,1,3-4,7-8H2/t9-,10-/m1/s1. The lowest BCUT2D eigenvalue weighted by molar-refractivity contribution is -0.188. The van der Waals surface area contributed by atoms with Gasteiger partial charge in [0.15, 0.2) is 0 Å². The van der Waals surface area contributed by atoms with Crippen LogP contribution in [0.2, 0.25) is 0 Å². The second-order valence-electron chi connectivity index (χ2n) is 4.97. The number of hydrogen-bond donors (Lipinski definition) is 1. The summed E-state index contributed by atoms with van der Waals surface area (Å²) in [5, 5.41) is 1.66. The molecule has 1 aromatic heterocycles. The van der Waals surface area contributed by atoms with Crippen LogP contribution in [-0.4, -0.2) is 33.3 Å². The Labute approximate surface area is 125 Å². The van der Waals surface area contributed by atoms with Crippen molar-refractivity contribution in [2.45, 2.75) is 48.2 Å². The van der Waals surface area contributed by atoms with E-state index in [1.165, 1.54) is 6.07 Å². The van der Waals surface area contributed by atoms with E-state index in [0.717, 1.165) is 11.3 Å². The molecular weight excluding hydrogens is 327 g/mol. The maximum absolute atomic E-state index is 12.1. The van der Waals surface area contributed by atoms with Crippen molar-refractivity contribution in [1.82, 2.24) is 4.72 Å². The molecule has 4 nitrogen and oxygen atoms in total. The van der Waals surface area contributed by atoms with E-state index >= 15 is 0 Å². The Hall–Kier alpha value is -0.640. The molecule has 1 aliphatic carbocycles. The molecule has 0 saturated heterocycles. The molecule has 0 spiro atoms. The number of thiophene rings is 1. The van der Waals surface area contributed by atoms with Gasteiger partial charge in [0, 0.05) is 6.04 Å². The van der Waals surface area contributed by atoms with Crippen molar-refractivity contribution in [1.29, 1.82) is 0 Å². The van der Waals surface area contributed by atoms with E-state index in [9.17, 15) is 21.6 Å². The summed E-state index contributed by atoms with van der Waals surface area (Å²) in [6, 6.07) is 2.74. The third kappa shape index (κ3) is 5.24. The molecule has 0 aliphatic heterocycles. The Balaban J connectivity index is 1.90. The van der Waals surface area contributed by atoms with E-state index in [1.54, 1.807) is 11.4 Å². The van der Waals surface area contributed by atoms with Gasteiger partial charge in [0.1, 0.15) is 10.8 Å². The lowest BCUT2D eigenvalue weighted by Crippen LogP contribution is -2.40. The van der Waals surface area contributed by atoms with E-state index in [0.29, 0.717) is 19.3 Å². The van der Waals surface area contributed by atoms with Crippen LogP contribution >= 0.6 is 11.3 Å². The third-order valence-corrected chi connectivity index (χ3v) is 6.11. The fourth-order valence-corrected chi connectivity index (χ4v) is 4.60. The second kappa shape index (κ2) is 6.64. The van der Waals surface area contributed by atoms with Gasteiger partial charge in [0.2, 0.25) is 10.0 Å². The number of ether oxygens (including phenoxy) is 1. The zero-order valence-corrected chi connectivity index (χ0v) is 12.7. The summed E-state index contributed by atoms with van der Waals surface area (Å²) < 4.78 is 68.1. The molecule has 0 radical (unpaired) electrons. The second-order valence-corrected chi connectivity index (χ2v) is 7.85. The molecule has 1 N–H and O–H groups in total. The van der Waals surface area contributed by atoms with Gasteiger partial charge in [-0.2, -0.15) is 13.2 Å². The van der Waals surface area contributed by atoms with Crippen molar-refractivity contribution in [3.8, 4) is 0 Å². The topological polar surface area (TPSA) is 55.4 Å². The van der Waals surface area contributed by atoms with E-state index in [2.05, 4.69) is 4.72 Å². The first-order chi connectivity index (χ1) is 9.76. The van der Waals surface area contributed by atoms with Gasteiger partial charge in [-0.3, -0.25) is 0 Å². The molecule has 21 heavy (non-hydrogen) atoms. The SMILES string of the molecule is O=S(=O)(N[C@@H]1CCC[C@@H](OCC(F)(F)F)C1)c1cccs1. The summed E-state index contributed by atoms with van der Waals surface area (Å²) in [6.07, 6.45) is -2.88. The molecule has 120 valence electrons. The molecule has 1 fully saturated rings. The minimum absolute atomic E-state index is 0.209. The van der Waals surface area contributed by atoms with Gasteiger partial charge >= 0.3 is 6.18 Å². The van der Waals surface area contributed by atoms with Gasteiger partial charge in [0.25, 0.3) is 0 Å². The molecule has 2 atom stereocenters. The van der Waals surface area contributed by atoms with Crippen molar-refractivity contribution in [3.63, 3.8) is 0 Å². The Morgan fingerprint density at radius 2 is 2.14 bits per heavy atom. The molecular formula is C12H16F3NO3S2. The first-order valence-corrected chi connectivity index (χ1v) is 8.87. The van der Waals surface area contributed by atoms with Gasteiger partial charge < -0.3 is 4.74 Å². The normalized spacial score (nSPS) is 24.1. The molecule has 1 aromatic rings. The molecule has 0 amide bonds. The number of halogens is 3. The lowest BCUT2D eigenvalue weighted by atomic mass is 9.93. The Bertz CT molecular complexity index is 543. The first kappa shape index (κ1) is 16.7. The lowest BCUT2D eigenvalue weighted by Gasteiger charge is -2.29. The highest BCUT2D eigenvalue weighted by Gasteiger charge is 2.32. The van der Waals surface area contributed by atoms with Crippen LogP contribution in [0.4, 0.5) is 13.2 Å². The zero-order chi connectivity index (χ0) is 15.5. The van der Waals surface area contributed by atoms with E-state index in [4.69, 9.17) is 4.74 Å². The fraction of sp³-hybridized carbons (Fsp3) is 0.667. The quantitative estimate of drug-likeness (QED) is 0.894. The smallest absolute Gasteiger partial charge is 0.369 e. The van der Waals surface area contributed by atoms with E-state index in [1.807, 2.05) is 0 Å². The zero-order valence-electron chi connectivity index (χ0n) is 11.1. The van der Waals surface area contributed by atoms with Crippen LogP contribution in [0.3, 0.4) is 0 Å². The van der Waals surface area contributed by atoms with Gasteiger partial charge in [-0.1, -0.05) is 6.07 Å². The number of nitrogens with one attached hydrogen (secondary N) is 1. The summed E-state index contributed by atoms with van der Waals surface area (Å²) in [5.41, 5.74) is 0. The Kier molecular flexibility index (Phi) is 5.29. The highest BCUT2D eigenvalue weighted by molar-refractivity contribution is 7.91. The Morgan fingerprint density at radius 3 is 2.76 bits per heavy atom. The third-order valence-electron chi connectivity index (χ3n) is 3.19. The van der Waals surface area contributed by atoms with Gasteiger partial charge in [-0.15, -0.1) is 11.3 Å². The minimum atomic E-state index is -4.36. The van der Waals surface area contributed by atoms with Crippen LogP contribution in [0.25, 0.3) is 0 Å². The average molecular weight is 343 g/mol. The van der Waals surface area contributed by atoms with Crippen molar-refractivity contribution >= 4 is 21.4 Å². The molecule has 2 rings (SSSR count). The first-order valence-electron chi connectivity index (χ1n) is 6.50. The van der Waals surface area contributed by atoms with Crippen molar-refractivity contribution in [3.05, 3.63) is 17.5 Å². The summed E-state index contributed by atoms with van der Waals surface area (Å²) in [6.45, 7) is -1.29. The summed E-state index contributed by atoms with van der Waals surface area (Å²) in [4.78, 5) is 0. The van der Waals surface area contributed by atoms with Gasteiger partial charge in [-0.05, 0) is 37.1 Å². The van der Waals surface area contributed by atoms with Crippen LogP contribution in [-0.2, 0) is 14.8 Å². The molecule has 0 unspecified atom stereocenters. The van der Waals surface area contributed by atoms with Crippen LogP contribution in [0, 0.1) is 0 Å². The van der Waals surface area contributed by atoms with E-state index in [-0.39, 0.29) is 16.7 Å². The van der Waals surface area contributed by atoms with Crippen LogP contribution < -0.4 is 4.72 Å². The van der Waals surface area contributed by atoms with Crippen molar-refractivity contribution < 1.29 is 26.3 Å². The van der Waals surface area contributed by atoms with Crippen LogP contribution in [0.15, 0.2) is 21.7 Å². The number of rotatable bonds is 5. The summed E-state index contributed by atoms with van der Waals surface area (Å²) in [7, 11) is -3.59. The highest BCUT2D eigenvalue weighted by atomic mass is 32.2. The number of sulfonamides is 1. The monoisotopic (exact) mass is 343 g/mol. The Morgan fingerprint density at radius 1 is 1.38 bits per heavy atom. The molecule has 9 heteroatoms. The number of hydrogen-bond acceptors (Lipinski definition) is 4. The molecule has 1 saturated carbocycles. The van der Waals surface area contributed by atoms with Crippen molar-refractivity contribution in [2.24, 2.45) is 0 Å². The number of alkyl halides is 3. The van der Waals surface area contributed by atoms with Crippen LogP contribution in [0.1, 0.15) is 25.7 Å². The van der Waals surface area contributed by atoms with Crippen LogP contribution in [0.5, 0.6) is 0 Å². The minimum Gasteiger partial charge on any atom is -0.369 e. The largest absolute Gasteiger partial charge is 0.411 e. The highest BCUT2D eigenvalue weighted by Crippen LogP contribution is 2.26. The predicted molar refractivity (Wildman–Crippen MR) is 72.7 cm³/mol. The fourth-order valence-electron chi connectivity index (χ4n) is 2.31. The van der Waals surface area contributed by atoms with Gasteiger partial charge in [-0.25, -0.2) is 13.1 Å². The maximum atomic E-state index is 12.1. The molecule has 1 heterocycles. The summed E-state index contributed by atoms with van der Waals surface area (Å²) in [5.74, 6) is 0. The maximum Gasteiger partial charge on any atom is 0.411 e. The molecule has 1 aliphatic rings. The molecule has 0 aromatic carbocycles. The predicted octanol–water partition coefficient (Wildman–Crippen LogP) is 2.92. The van der Waals surface area contributed by atoms with Crippen molar-refractivity contribution in [2.75, 3.05) is 6.61 Å². The molecule has 0 bridgehead atoms. The summed E-state index contributed by atoms with van der Waals surface area (Å²) >= 11 is 1.10. The van der Waals surface area contributed by atoms with Gasteiger partial charge in [0.05, 0.1) is 6.10 Å².